The van der Waals surface area contributed by atoms with Gasteiger partial charge in [0.2, 0.25) is 5.95 Å². The van der Waals surface area contributed by atoms with Crippen LogP contribution in [0.2, 0.25) is 0 Å². The smallest absolute Gasteiger partial charge is 0.330 e. The molecule has 7 heteroatoms. The monoisotopic (exact) mass is 340 g/mol. The topological polar surface area (TPSA) is 83.2 Å². The molecule has 0 aliphatic heterocycles. The van der Waals surface area contributed by atoms with Gasteiger partial charge in [-0.3, -0.25) is 0 Å². The van der Waals surface area contributed by atoms with Crippen LogP contribution in [0.4, 0.5) is 10.3 Å². The Labute approximate surface area is 144 Å². The summed E-state index contributed by atoms with van der Waals surface area (Å²) in [6.45, 7) is 5.89. The molecule has 0 unspecified atom stereocenters. The van der Waals surface area contributed by atoms with Crippen molar-refractivity contribution in [1.82, 2.24) is 15.0 Å². The Morgan fingerprint density at radius 3 is 2.00 bits per heavy atom. The van der Waals surface area contributed by atoms with E-state index in [1.165, 1.54) is 24.3 Å². The maximum atomic E-state index is 13.0. The molecule has 3 aromatic rings. The summed E-state index contributed by atoms with van der Waals surface area (Å²) in [7, 11) is 0. The third kappa shape index (κ3) is 4.00. The molecule has 2 aromatic carbocycles. The zero-order chi connectivity index (χ0) is 18.0. The molecule has 1 aromatic heterocycles. The lowest BCUT2D eigenvalue weighted by Crippen LogP contribution is -2.04. The van der Waals surface area contributed by atoms with Crippen molar-refractivity contribution < 1.29 is 13.9 Å². The molecule has 25 heavy (non-hydrogen) atoms. The van der Waals surface area contributed by atoms with E-state index in [-0.39, 0.29) is 23.8 Å². The average Bonchev–Trinajstić information content (AvgIpc) is 2.52. The quantitative estimate of drug-likeness (QED) is 0.770. The molecule has 6 nitrogen and oxygen atoms in total. The minimum atomic E-state index is -0.364. The van der Waals surface area contributed by atoms with Crippen LogP contribution < -0.4 is 15.2 Å². The van der Waals surface area contributed by atoms with Crippen LogP contribution in [0, 0.1) is 26.6 Å². The van der Waals surface area contributed by atoms with Crippen LogP contribution in [-0.4, -0.2) is 15.0 Å². The Bertz CT molecular complexity index is 890. The van der Waals surface area contributed by atoms with Gasteiger partial charge >= 0.3 is 12.0 Å². The summed E-state index contributed by atoms with van der Waals surface area (Å²) in [6, 6.07) is 9.48. The van der Waals surface area contributed by atoms with E-state index in [1.54, 1.807) is 0 Å². The van der Waals surface area contributed by atoms with Crippen molar-refractivity contribution in [3.63, 3.8) is 0 Å². The van der Waals surface area contributed by atoms with E-state index >= 15 is 0 Å². The number of anilines is 1. The summed E-state index contributed by atoms with van der Waals surface area (Å²) in [4.78, 5) is 12.0. The molecule has 1 heterocycles. The first-order chi connectivity index (χ1) is 11.9. The first-order valence-electron chi connectivity index (χ1n) is 7.61. The number of nitrogens with zero attached hydrogens (tertiary/aromatic N) is 3. The fourth-order valence-electron chi connectivity index (χ4n) is 2.47. The predicted octanol–water partition coefficient (Wildman–Crippen LogP) is 4.10. The largest absolute Gasteiger partial charge is 0.424 e. The van der Waals surface area contributed by atoms with E-state index in [0.717, 1.165) is 16.7 Å². The van der Waals surface area contributed by atoms with Gasteiger partial charge in [0.05, 0.1) is 0 Å². The second-order valence-electron chi connectivity index (χ2n) is 5.64. The number of nitrogen functional groups attached to an aromatic ring is 1. The Hall–Kier alpha value is -3.22. The van der Waals surface area contributed by atoms with Crippen molar-refractivity contribution in [3.05, 3.63) is 58.9 Å². The van der Waals surface area contributed by atoms with Gasteiger partial charge in [-0.25, -0.2) is 4.39 Å². The molecule has 0 amide bonds. The number of hydrogen-bond donors (Lipinski definition) is 1. The highest BCUT2D eigenvalue weighted by Crippen LogP contribution is 2.29. The van der Waals surface area contributed by atoms with E-state index in [4.69, 9.17) is 15.2 Å². The van der Waals surface area contributed by atoms with Crippen molar-refractivity contribution in [2.45, 2.75) is 20.8 Å². The second-order valence-corrected chi connectivity index (χ2v) is 5.64. The Kier molecular flexibility index (Phi) is 4.47. The number of halogens is 1. The van der Waals surface area contributed by atoms with Gasteiger partial charge in [-0.05, 0) is 56.2 Å². The SMILES string of the molecule is Cc1cc(C)c(Oc2nc(N)nc(Oc3ccc(F)cc3)n2)c(C)c1. The van der Waals surface area contributed by atoms with Crippen LogP contribution in [-0.2, 0) is 0 Å². The molecular formula is C18H17FN4O2. The molecule has 0 saturated heterocycles. The number of hydrogen-bond acceptors (Lipinski definition) is 6. The standard InChI is InChI=1S/C18H17FN4O2/c1-10-8-11(2)15(12(3)9-10)25-18-22-16(20)21-17(23-18)24-14-6-4-13(19)5-7-14/h4-9H,1-3H3,(H2,20,21,22,23). The number of aryl methyl sites for hydroxylation is 3. The Morgan fingerprint density at radius 1 is 0.840 bits per heavy atom. The summed E-state index contributed by atoms with van der Waals surface area (Å²) in [5, 5.41) is 0. The fraction of sp³-hybridized carbons (Fsp3) is 0.167. The van der Waals surface area contributed by atoms with E-state index in [2.05, 4.69) is 15.0 Å². The second kappa shape index (κ2) is 6.72. The van der Waals surface area contributed by atoms with Crippen molar-refractivity contribution in [1.29, 1.82) is 0 Å². The van der Waals surface area contributed by atoms with E-state index in [0.29, 0.717) is 11.5 Å². The molecule has 0 aliphatic rings. The maximum absolute atomic E-state index is 13.0. The minimum absolute atomic E-state index is 0.0275. The molecule has 0 radical (unpaired) electrons. The number of rotatable bonds is 4. The summed E-state index contributed by atoms with van der Waals surface area (Å²) in [6.07, 6.45) is 0. The third-order valence-electron chi connectivity index (χ3n) is 3.43. The molecule has 128 valence electrons. The molecule has 0 atom stereocenters. The molecule has 0 bridgehead atoms. The van der Waals surface area contributed by atoms with Gasteiger partial charge in [-0.15, -0.1) is 4.98 Å². The van der Waals surface area contributed by atoms with Crippen molar-refractivity contribution in [3.8, 4) is 23.5 Å². The maximum Gasteiger partial charge on any atom is 0.330 e. The number of aromatic nitrogens is 3. The first-order valence-corrected chi connectivity index (χ1v) is 7.61. The van der Waals surface area contributed by atoms with E-state index < -0.39 is 0 Å². The van der Waals surface area contributed by atoms with Crippen LogP contribution in [0.3, 0.4) is 0 Å². The lowest BCUT2D eigenvalue weighted by atomic mass is 10.1. The highest BCUT2D eigenvalue weighted by Gasteiger charge is 2.12. The highest BCUT2D eigenvalue weighted by molar-refractivity contribution is 5.44. The number of benzene rings is 2. The molecular weight excluding hydrogens is 323 g/mol. The first kappa shape index (κ1) is 16.6. The van der Waals surface area contributed by atoms with E-state index in [1.807, 2.05) is 32.9 Å². The number of ether oxygens (including phenoxy) is 2. The fourth-order valence-corrected chi connectivity index (χ4v) is 2.47. The Morgan fingerprint density at radius 2 is 1.40 bits per heavy atom. The molecule has 2 N–H and O–H groups in total. The van der Waals surface area contributed by atoms with Crippen LogP contribution in [0.5, 0.6) is 23.5 Å². The van der Waals surface area contributed by atoms with Gasteiger partial charge in [0.1, 0.15) is 17.3 Å². The zero-order valence-electron chi connectivity index (χ0n) is 14.1. The molecule has 0 aliphatic carbocycles. The van der Waals surface area contributed by atoms with Crippen LogP contribution >= 0.6 is 0 Å². The van der Waals surface area contributed by atoms with Crippen molar-refractivity contribution in [2.24, 2.45) is 0 Å². The lowest BCUT2D eigenvalue weighted by Gasteiger charge is -2.12. The highest BCUT2D eigenvalue weighted by atomic mass is 19.1. The zero-order valence-corrected chi connectivity index (χ0v) is 14.1. The van der Waals surface area contributed by atoms with Gasteiger partial charge < -0.3 is 15.2 Å². The summed E-state index contributed by atoms with van der Waals surface area (Å²) in [5.74, 6) is 0.631. The van der Waals surface area contributed by atoms with Gasteiger partial charge in [0.15, 0.2) is 0 Å². The van der Waals surface area contributed by atoms with Gasteiger partial charge in [-0.2, -0.15) is 9.97 Å². The Balaban J connectivity index is 1.88. The van der Waals surface area contributed by atoms with Gasteiger partial charge in [0, 0.05) is 0 Å². The summed E-state index contributed by atoms with van der Waals surface area (Å²) in [5.41, 5.74) is 8.76. The molecule has 0 spiro atoms. The third-order valence-corrected chi connectivity index (χ3v) is 3.43. The van der Waals surface area contributed by atoms with Crippen LogP contribution in [0.1, 0.15) is 16.7 Å². The summed E-state index contributed by atoms with van der Waals surface area (Å²) < 4.78 is 24.2. The average molecular weight is 340 g/mol. The van der Waals surface area contributed by atoms with E-state index in [9.17, 15) is 4.39 Å². The normalized spacial score (nSPS) is 10.6. The number of nitrogens with two attached hydrogens (primary N) is 1. The molecule has 0 fully saturated rings. The van der Waals surface area contributed by atoms with Gasteiger partial charge in [0.25, 0.3) is 0 Å². The van der Waals surface area contributed by atoms with Crippen LogP contribution in [0.15, 0.2) is 36.4 Å². The lowest BCUT2D eigenvalue weighted by molar-refractivity contribution is 0.396. The van der Waals surface area contributed by atoms with Gasteiger partial charge in [-0.1, -0.05) is 17.7 Å². The molecule has 0 saturated carbocycles. The van der Waals surface area contributed by atoms with Crippen LogP contribution in [0.25, 0.3) is 0 Å². The minimum Gasteiger partial charge on any atom is -0.424 e. The van der Waals surface area contributed by atoms with Crippen molar-refractivity contribution in [2.75, 3.05) is 5.73 Å². The van der Waals surface area contributed by atoms with Crippen molar-refractivity contribution >= 4 is 5.95 Å². The predicted molar refractivity (Wildman–Crippen MR) is 91.4 cm³/mol. The molecule has 3 rings (SSSR count). The summed E-state index contributed by atoms with van der Waals surface area (Å²) >= 11 is 0.